The van der Waals surface area contributed by atoms with Crippen molar-refractivity contribution in [1.29, 1.82) is 0 Å². The van der Waals surface area contributed by atoms with Crippen molar-refractivity contribution >= 4 is 28.9 Å². The first kappa shape index (κ1) is 13.4. The van der Waals surface area contributed by atoms with E-state index in [9.17, 15) is 0 Å². The lowest BCUT2D eigenvalue weighted by atomic mass is 10.2. The van der Waals surface area contributed by atoms with Gasteiger partial charge in [0.05, 0.1) is 15.7 Å². The molecule has 1 aliphatic heterocycles. The number of benzene rings is 2. The summed E-state index contributed by atoms with van der Waals surface area (Å²) in [6.07, 6.45) is 0. The van der Waals surface area contributed by atoms with Crippen molar-refractivity contribution in [2.45, 2.75) is 6.54 Å². The molecular weight excluding hydrogens is 297 g/mol. The Labute approximate surface area is 127 Å². The summed E-state index contributed by atoms with van der Waals surface area (Å²) < 4.78 is 11.1. The van der Waals surface area contributed by atoms with Crippen LogP contribution in [0.3, 0.4) is 0 Å². The van der Waals surface area contributed by atoms with Crippen LogP contribution in [0.25, 0.3) is 0 Å². The normalized spacial score (nSPS) is 13.1. The molecular formula is C15H13Cl2NO2. The summed E-state index contributed by atoms with van der Waals surface area (Å²) in [5, 5.41) is 4.53. The number of para-hydroxylation sites is 1. The number of ether oxygens (including phenoxy) is 2. The van der Waals surface area contributed by atoms with Crippen molar-refractivity contribution < 1.29 is 9.47 Å². The van der Waals surface area contributed by atoms with Gasteiger partial charge in [-0.3, -0.25) is 0 Å². The first-order chi connectivity index (χ1) is 9.74. The van der Waals surface area contributed by atoms with Gasteiger partial charge in [-0.2, -0.15) is 0 Å². The number of rotatable bonds is 3. The Hall–Kier alpha value is -1.58. The summed E-state index contributed by atoms with van der Waals surface area (Å²) in [5.74, 6) is 1.32. The molecule has 1 aliphatic rings. The molecule has 2 aromatic rings. The minimum absolute atomic E-state index is 0.532. The van der Waals surface area contributed by atoms with Gasteiger partial charge in [-0.15, -0.1) is 0 Å². The van der Waals surface area contributed by atoms with Crippen molar-refractivity contribution in [2.24, 2.45) is 0 Å². The molecule has 5 heteroatoms. The first-order valence-corrected chi connectivity index (χ1v) is 7.06. The fraction of sp³-hybridized carbons (Fsp3) is 0.200. The fourth-order valence-electron chi connectivity index (χ4n) is 2.07. The minimum atomic E-state index is 0.532. The summed E-state index contributed by atoms with van der Waals surface area (Å²) in [5.41, 5.74) is 1.90. The molecule has 0 unspecified atom stereocenters. The van der Waals surface area contributed by atoms with E-state index in [0.29, 0.717) is 41.3 Å². The molecule has 3 rings (SSSR count). The lowest BCUT2D eigenvalue weighted by Gasteiger charge is -2.20. The molecule has 1 N–H and O–H groups in total. The minimum Gasteiger partial charge on any atom is -0.486 e. The molecule has 0 atom stereocenters. The average molecular weight is 310 g/mol. The number of fused-ring (bicyclic) bond motifs is 1. The van der Waals surface area contributed by atoms with Crippen molar-refractivity contribution in [3.05, 3.63) is 52.0 Å². The van der Waals surface area contributed by atoms with Gasteiger partial charge in [-0.25, -0.2) is 0 Å². The smallest absolute Gasteiger partial charge is 0.179 e. The topological polar surface area (TPSA) is 30.5 Å². The third-order valence-corrected chi connectivity index (χ3v) is 3.62. The van der Waals surface area contributed by atoms with Crippen LogP contribution < -0.4 is 14.8 Å². The Morgan fingerprint density at radius 3 is 2.65 bits per heavy atom. The van der Waals surface area contributed by atoms with E-state index >= 15 is 0 Å². The van der Waals surface area contributed by atoms with E-state index in [1.807, 2.05) is 36.4 Å². The van der Waals surface area contributed by atoms with Gasteiger partial charge < -0.3 is 14.8 Å². The van der Waals surface area contributed by atoms with Crippen LogP contribution in [0.2, 0.25) is 10.0 Å². The van der Waals surface area contributed by atoms with E-state index in [-0.39, 0.29) is 0 Å². The Morgan fingerprint density at radius 1 is 1.00 bits per heavy atom. The molecule has 104 valence electrons. The predicted octanol–water partition coefficient (Wildman–Crippen LogP) is 4.38. The van der Waals surface area contributed by atoms with Crippen LogP contribution in [-0.4, -0.2) is 13.2 Å². The van der Waals surface area contributed by atoms with E-state index in [1.54, 1.807) is 0 Å². The maximum Gasteiger partial charge on any atom is 0.179 e. The molecule has 3 nitrogen and oxygen atoms in total. The summed E-state index contributed by atoms with van der Waals surface area (Å²) in [6.45, 7) is 1.69. The zero-order valence-corrected chi connectivity index (χ0v) is 12.2. The maximum atomic E-state index is 6.20. The summed E-state index contributed by atoms with van der Waals surface area (Å²) in [6, 6.07) is 11.4. The lowest BCUT2D eigenvalue weighted by Crippen LogP contribution is -2.16. The van der Waals surface area contributed by atoms with Crippen molar-refractivity contribution in [1.82, 2.24) is 0 Å². The quantitative estimate of drug-likeness (QED) is 0.913. The number of anilines is 1. The molecule has 0 aliphatic carbocycles. The van der Waals surface area contributed by atoms with Gasteiger partial charge in [0.25, 0.3) is 0 Å². The van der Waals surface area contributed by atoms with Crippen molar-refractivity contribution in [3.63, 3.8) is 0 Å². The van der Waals surface area contributed by atoms with Gasteiger partial charge in [-0.05, 0) is 29.8 Å². The first-order valence-electron chi connectivity index (χ1n) is 6.30. The molecule has 0 saturated carbocycles. The van der Waals surface area contributed by atoms with Crippen LogP contribution in [0.1, 0.15) is 5.56 Å². The SMILES string of the molecule is Clc1ccccc1NCc1cc(Cl)c2c(c1)OCCO2. The molecule has 2 aromatic carbocycles. The number of hydrogen-bond acceptors (Lipinski definition) is 3. The molecule has 20 heavy (non-hydrogen) atoms. The van der Waals surface area contributed by atoms with Crippen molar-refractivity contribution in [2.75, 3.05) is 18.5 Å². The lowest BCUT2D eigenvalue weighted by molar-refractivity contribution is 0.171. The van der Waals surface area contributed by atoms with Crippen LogP contribution >= 0.6 is 23.2 Å². The van der Waals surface area contributed by atoms with Gasteiger partial charge in [0.1, 0.15) is 13.2 Å². The second-order valence-corrected chi connectivity index (χ2v) is 5.25. The molecule has 0 aromatic heterocycles. The average Bonchev–Trinajstić information content (AvgIpc) is 2.46. The maximum absolute atomic E-state index is 6.20. The number of halogens is 2. The third-order valence-electron chi connectivity index (χ3n) is 3.01. The standard InChI is InChI=1S/C15H13Cl2NO2/c16-11-3-1-2-4-13(11)18-9-10-7-12(17)15-14(8-10)19-5-6-20-15/h1-4,7-8,18H,5-6,9H2. The van der Waals surface area contributed by atoms with Crippen LogP contribution in [0.15, 0.2) is 36.4 Å². The Kier molecular flexibility index (Phi) is 3.90. The van der Waals surface area contributed by atoms with Crippen LogP contribution in [0.4, 0.5) is 5.69 Å². The Bertz CT molecular complexity index is 631. The zero-order chi connectivity index (χ0) is 13.9. The van der Waals surface area contributed by atoms with Crippen LogP contribution in [0.5, 0.6) is 11.5 Å². The van der Waals surface area contributed by atoms with E-state index in [2.05, 4.69) is 5.32 Å². The molecule has 0 spiro atoms. The number of hydrogen-bond donors (Lipinski definition) is 1. The largest absolute Gasteiger partial charge is 0.486 e. The Balaban J connectivity index is 1.78. The number of nitrogens with one attached hydrogen (secondary N) is 1. The van der Waals surface area contributed by atoms with E-state index in [0.717, 1.165) is 11.3 Å². The molecule has 0 amide bonds. The van der Waals surface area contributed by atoms with Crippen molar-refractivity contribution in [3.8, 4) is 11.5 Å². The summed E-state index contributed by atoms with van der Waals surface area (Å²) in [4.78, 5) is 0. The highest BCUT2D eigenvalue weighted by atomic mass is 35.5. The van der Waals surface area contributed by atoms with Gasteiger partial charge >= 0.3 is 0 Å². The highest BCUT2D eigenvalue weighted by Gasteiger charge is 2.16. The van der Waals surface area contributed by atoms with E-state index < -0.39 is 0 Å². The second kappa shape index (κ2) is 5.81. The van der Waals surface area contributed by atoms with E-state index in [1.165, 1.54) is 0 Å². The van der Waals surface area contributed by atoms with Crippen LogP contribution in [-0.2, 0) is 6.54 Å². The molecule has 0 saturated heterocycles. The third kappa shape index (κ3) is 2.79. The molecule has 0 fully saturated rings. The summed E-state index contributed by atoms with van der Waals surface area (Å²) >= 11 is 12.3. The van der Waals surface area contributed by atoms with Gasteiger partial charge in [-0.1, -0.05) is 35.3 Å². The molecule has 1 heterocycles. The molecule has 0 bridgehead atoms. The van der Waals surface area contributed by atoms with Crippen LogP contribution in [0, 0.1) is 0 Å². The molecule has 0 radical (unpaired) electrons. The monoisotopic (exact) mass is 309 g/mol. The van der Waals surface area contributed by atoms with Gasteiger partial charge in [0.15, 0.2) is 11.5 Å². The fourth-order valence-corrected chi connectivity index (χ4v) is 2.56. The Morgan fingerprint density at radius 2 is 1.80 bits per heavy atom. The van der Waals surface area contributed by atoms with Gasteiger partial charge in [0.2, 0.25) is 0 Å². The predicted molar refractivity (Wildman–Crippen MR) is 81.2 cm³/mol. The van der Waals surface area contributed by atoms with E-state index in [4.69, 9.17) is 32.7 Å². The van der Waals surface area contributed by atoms with Gasteiger partial charge in [0, 0.05) is 6.54 Å². The highest BCUT2D eigenvalue weighted by Crippen LogP contribution is 2.38. The second-order valence-electron chi connectivity index (χ2n) is 4.44. The zero-order valence-electron chi connectivity index (χ0n) is 10.7. The summed E-state index contributed by atoms with van der Waals surface area (Å²) in [7, 11) is 0. The highest BCUT2D eigenvalue weighted by molar-refractivity contribution is 6.33.